The van der Waals surface area contributed by atoms with Crippen molar-refractivity contribution in [2.75, 3.05) is 6.54 Å². The van der Waals surface area contributed by atoms with Crippen molar-refractivity contribution in [1.82, 2.24) is 14.8 Å². The number of halogens is 3. The van der Waals surface area contributed by atoms with E-state index in [1.165, 1.54) is 35.3 Å². The van der Waals surface area contributed by atoms with Crippen LogP contribution in [0.3, 0.4) is 0 Å². The average molecular weight is 480 g/mol. The van der Waals surface area contributed by atoms with Gasteiger partial charge in [0, 0.05) is 35.7 Å². The van der Waals surface area contributed by atoms with Crippen LogP contribution in [0.4, 0.5) is 8.78 Å². The van der Waals surface area contributed by atoms with E-state index in [0.717, 1.165) is 10.2 Å². The normalized spacial score (nSPS) is 18.3. The predicted octanol–water partition coefficient (Wildman–Crippen LogP) is 3.95. The van der Waals surface area contributed by atoms with Crippen LogP contribution in [0.5, 0.6) is 0 Å². The summed E-state index contributed by atoms with van der Waals surface area (Å²) in [5, 5.41) is 5.11. The maximum absolute atomic E-state index is 14.2. The number of likely N-dealkylation sites (tertiary alicyclic amines) is 1. The Morgan fingerprint density at radius 2 is 2.06 bits per heavy atom. The molecule has 168 valence electrons. The Bertz CT molecular complexity index is 1210. The number of carbonyl (C=O) groups excluding carboxylic acids is 3. The average Bonchev–Trinajstić information content (AvgIpc) is 3.45. The van der Waals surface area contributed by atoms with Crippen LogP contribution in [0.2, 0.25) is 5.02 Å². The van der Waals surface area contributed by atoms with Crippen LogP contribution in [-0.4, -0.2) is 45.8 Å². The summed E-state index contributed by atoms with van der Waals surface area (Å²) in [5.74, 6) is -1.74. The summed E-state index contributed by atoms with van der Waals surface area (Å²) >= 11 is 7.15. The highest BCUT2D eigenvalue weighted by Gasteiger charge is 2.39. The summed E-state index contributed by atoms with van der Waals surface area (Å²) in [6.07, 6.45) is 0.146. The van der Waals surface area contributed by atoms with Crippen LogP contribution in [0.25, 0.3) is 10.2 Å². The van der Waals surface area contributed by atoms with Crippen LogP contribution >= 0.6 is 22.9 Å². The number of carbonyl (C=O) groups is 3. The van der Waals surface area contributed by atoms with Crippen LogP contribution in [0.15, 0.2) is 35.8 Å². The molecule has 0 saturated carbocycles. The lowest BCUT2D eigenvalue weighted by Crippen LogP contribution is -2.46. The number of alkyl halides is 1. The summed E-state index contributed by atoms with van der Waals surface area (Å²) in [4.78, 5) is 39.6. The van der Waals surface area contributed by atoms with Gasteiger partial charge >= 0.3 is 0 Å². The van der Waals surface area contributed by atoms with Crippen LogP contribution < -0.4 is 5.32 Å². The molecule has 2 amide bonds. The van der Waals surface area contributed by atoms with Crippen molar-refractivity contribution < 1.29 is 23.2 Å². The van der Waals surface area contributed by atoms with E-state index in [-0.39, 0.29) is 42.4 Å². The molecule has 2 aromatic heterocycles. The van der Waals surface area contributed by atoms with Gasteiger partial charge in [0.2, 0.25) is 11.8 Å². The number of rotatable bonds is 6. The number of aromatic nitrogens is 1. The molecule has 1 aliphatic rings. The Hall–Kier alpha value is -2.78. The van der Waals surface area contributed by atoms with Gasteiger partial charge in [-0.1, -0.05) is 23.7 Å². The highest BCUT2D eigenvalue weighted by molar-refractivity contribution is 7.16. The summed E-state index contributed by atoms with van der Waals surface area (Å²) in [6.45, 7) is 1.01. The monoisotopic (exact) mass is 479 g/mol. The van der Waals surface area contributed by atoms with E-state index < -0.39 is 29.8 Å². The van der Waals surface area contributed by atoms with Gasteiger partial charge in [-0.25, -0.2) is 8.78 Å². The second-order valence-electron chi connectivity index (χ2n) is 7.69. The molecular weight excluding hydrogens is 460 g/mol. The van der Waals surface area contributed by atoms with Crippen molar-refractivity contribution >= 4 is 50.8 Å². The van der Waals surface area contributed by atoms with Gasteiger partial charge in [-0.05, 0) is 24.4 Å². The number of fused-ring (bicyclic) bond motifs is 1. The third-order valence-electron chi connectivity index (χ3n) is 5.52. The van der Waals surface area contributed by atoms with Crippen molar-refractivity contribution in [3.63, 3.8) is 0 Å². The third kappa shape index (κ3) is 4.27. The number of Topliss-reactive ketones (excluding diaryl/α,β-unsaturated/α-hetero) is 1. The van der Waals surface area contributed by atoms with E-state index in [1.807, 2.05) is 11.4 Å². The van der Waals surface area contributed by atoms with Gasteiger partial charge in [0.1, 0.15) is 29.4 Å². The van der Waals surface area contributed by atoms with Gasteiger partial charge in [0.25, 0.3) is 0 Å². The molecule has 0 radical (unpaired) electrons. The molecule has 1 fully saturated rings. The number of benzene rings is 1. The van der Waals surface area contributed by atoms with Gasteiger partial charge in [0.05, 0.1) is 11.6 Å². The molecule has 32 heavy (non-hydrogen) atoms. The van der Waals surface area contributed by atoms with Crippen LogP contribution in [-0.2, 0) is 22.7 Å². The van der Waals surface area contributed by atoms with Crippen molar-refractivity contribution in [3.8, 4) is 0 Å². The molecule has 0 aliphatic carbocycles. The zero-order chi connectivity index (χ0) is 23.0. The SMILES string of the molecule is CC(=O)c1cn(CC(=O)N2C[C@H](F)C[C@H]2C(=O)NCc2cccc(Cl)c2F)c2sccc12. The lowest BCUT2D eigenvalue weighted by molar-refractivity contribution is -0.139. The molecule has 1 aliphatic heterocycles. The second kappa shape index (κ2) is 8.99. The topological polar surface area (TPSA) is 71.4 Å². The fraction of sp³-hybridized carbons (Fsp3) is 0.318. The maximum Gasteiger partial charge on any atom is 0.243 e. The summed E-state index contributed by atoms with van der Waals surface area (Å²) in [5.41, 5.74) is 0.708. The Morgan fingerprint density at radius 3 is 2.81 bits per heavy atom. The van der Waals surface area contributed by atoms with E-state index in [9.17, 15) is 23.2 Å². The first kappa shape index (κ1) is 22.4. The highest BCUT2D eigenvalue weighted by atomic mass is 35.5. The smallest absolute Gasteiger partial charge is 0.243 e. The van der Waals surface area contributed by atoms with E-state index in [1.54, 1.807) is 16.8 Å². The minimum absolute atomic E-state index is 0.0604. The third-order valence-corrected chi connectivity index (χ3v) is 6.77. The Morgan fingerprint density at radius 1 is 1.28 bits per heavy atom. The van der Waals surface area contributed by atoms with E-state index in [0.29, 0.717) is 5.56 Å². The molecule has 0 bridgehead atoms. The van der Waals surface area contributed by atoms with E-state index >= 15 is 0 Å². The van der Waals surface area contributed by atoms with E-state index in [2.05, 4.69) is 5.32 Å². The molecule has 3 aromatic rings. The number of nitrogens with zero attached hydrogens (tertiary/aromatic N) is 2. The molecule has 1 saturated heterocycles. The predicted molar refractivity (Wildman–Crippen MR) is 118 cm³/mol. The maximum atomic E-state index is 14.2. The minimum atomic E-state index is -1.34. The quantitative estimate of drug-likeness (QED) is 0.544. The van der Waals surface area contributed by atoms with Crippen LogP contribution in [0.1, 0.15) is 29.3 Å². The van der Waals surface area contributed by atoms with Crippen molar-refractivity contribution in [3.05, 3.63) is 57.8 Å². The molecule has 6 nitrogen and oxygen atoms in total. The van der Waals surface area contributed by atoms with Crippen molar-refractivity contribution in [2.45, 2.75) is 38.6 Å². The molecule has 3 heterocycles. The lowest BCUT2D eigenvalue weighted by Gasteiger charge is -2.24. The van der Waals surface area contributed by atoms with E-state index in [4.69, 9.17) is 11.6 Å². The zero-order valence-corrected chi connectivity index (χ0v) is 18.7. The fourth-order valence-corrected chi connectivity index (χ4v) is 5.03. The highest BCUT2D eigenvalue weighted by Crippen LogP contribution is 2.28. The number of thiophene rings is 1. The van der Waals surface area contributed by atoms with Gasteiger partial charge in [0.15, 0.2) is 5.78 Å². The molecule has 1 aromatic carbocycles. The number of hydrogen-bond donors (Lipinski definition) is 1. The molecule has 4 rings (SSSR count). The number of ketones is 1. The molecule has 10 heteroatoms. The second-order valence-corrected chi connectivity index (χ2v) is 8.99. The molecule has 2 atom stereocenters. The Labute approximate surface area is 191 Å². The number of amides is 2. The van der Waals surface area contributed by atoms with Crippen molar-refractivity contribution in [1.29, 1.82) is 0 Å². The fourth-order valence-electron chi connectivity index (χ4n) is 3.94. The van der Waals surface area contributed by atoms with Gasteiger partial charge < -0.3 is 14.8 Å². The van der Waals surface area contributed by atoms with Crippen molar-refractivity contribution in [2.24, 2.45) is 0 Å². The first-order valence-corrected chi connectivity index (χ1v) is 11.2. The van der Waals surface area contributed by atoms with Gasteiger partial charge in [-0.15, -0.1) is 11.3 Å². The first-order chi connectivity index (χ1) is 15.3. The summed E-state index contributed by atoms with van der Waals surface area (Å²) < 4.78 is 29.9. The molecule has 1 N–H and O–H groups in total. The molecule has 0 unspecified atom stereocenters. The largest absolute Gasteiger partial charge is 0.350 e. The van der Waals surface area contributed by atoms with Gasteiger partial charge in [-0.3, -0.25) is 14.4 Å². The Kier molecular flexibility index (Phi) is 6.30. The Balaban J connectivity index is 1.48. The number of nitrogens with one attached hydrogen (secondary N) is 1. The lowest BCUT2D eigenvalue weighted by atomic mass is 10.1. The van der Waals surface area contributed by atoms with Gasteiger partial charge in [-0.2, -0.15) is 0 Å². The summed E-state index contributed by atoms with van der Waals surface area (Å²) in [6, 6.07) is 5.27. The summed E-state index contributed by atoms with van der Waals surface area (Å²) in [7, 11) is 0. The molecule has 0 spiro atoms. The zero-order valence-electron chi connectivity index (χ0n) is 17.1. The minimum Gasteiger partial charge on any atom is -0.350 e. The van der Waals surface area contributed by atoms with Crippen LogP contribution in [0, 0.1) is 5.82 Å². The number of hydrogen-bond acceptors (Lipinski definition) is 4. The molecular formula is C22H20ClF2N3O3S. The standard InChI is InChI=1S/C22H20ClF2N3O3S/c1-12(29)16-10-27(22-15(16)5-6-32-22)11-19(30)28-9-14(24)7-18(28)21(31)26-8-13-3-2-4-17(23)20(13)25/h2-6,10,14,18H,7-9,11H2,1H3,(H,26,31)/t14-,18+/m1/s1. The first-order valence-electron chi connectivity index (χ1n) is 9.97.